The number of fused-ring (bicyclic) bond motifs is 2. The lowest BCUT2D eigenvalue weighted by molar-refractivity contribution is -0.125. The van der Waals surface area contributed by atoms with Crippen LogP contribution in [-0.4, -0.2) is 5.78 Å². The van der Waals surface area contributed by atoms with Crippen molar-refractivity contribution in [2.24, 2.45) is 23.7 Å². The standard InChI is InChI=1S/C14H22O/c15-14(9-10-3-1-2-4-10)13-8-11-5-6-12(13)7-11/h10-13H,1-9H2. The Labute approximate surface area is 92.6 Å². The molecule has 15 heavy (non-hydrogen) atoms. The monoisotopic (exact) mass is 206 g/mol. The highest BCUT2D eigenvalue weighted by Crippen LogP contribution is 2.49. The summed E-state index contributed by atoms with van der Waals surface area (Å²) in [5.41, 5.74) is 0. The van der Waals surface area contributed by atoms with Gasteiger partial charge in [-0.2, -0.15) is 0 Å². The molecule has 84 valence electrons. The molecule has 0 saturated heterocycles. The lowest BCUT2D eigenvalue weighted by atomic mass is 9.82. The van der Waals surface area contributed by atoms with Gasteiger partial charge in [-0.05, 0) is 37.0 Å². The lowest BCUT2D eigenvalue weighted by Crippen LogP contribution is -2.22. The Bertz CT molecular complexity index is 252. The topological polar surface area (TPSA) is 17.1 Å². The quantitative estimate of drug-likeness (QED) is 0.690. The fourth-order valence-electron chi connectivity index (χ4n) is 4.29. The maximum Gasteiger partial charge on any atom is 0.136 e. The van der Waals surface area contributed by atoms with Crippen LogP contribution in [0.5, 0.6) is 0 Å². The second-order valence-corrected chi connectivity index (χ2v) is 6.10. The molecule has 3 unspecified atom stereocenters. The van der Waals surface area contributed by atoms with Crippen LogP contribution in [0.15, 0.2) is 0 Å². The highest BCUT2D eigenvalue weighted by Gasteiger charge is 2.43. The van der Waals surface area contributed by atoms with Gasteiger partial charge in [-0.25, -0.2) is 0 Å². The molecule has 0 heterocycles. The van der Waals surface area contributed by atoms with Crippen LogP contribution in [-0.2, 0) is 4.79 Å². The largest absolute Gasteiger partial charge is 0.299 e. The van der Waals surface area contributed by atoms with Crippen LogP contribution in [0.2, 0.25) is 0 Å². The van der Waals surface area contributed by atoms with Crippen molar-refractivity contribution in [3.63, 3.8) is 0 Å². The van der Waals surface area contributed by atoms with Gasteiger partial charge in [0.15, 0.2) is 0 Å². The maximum absolute atomic E-state index is 12.2. The second kappa shape index (κ2) is 3.92. The molecule has 1 nitrogen and oxygen atoms in total. The molecule has 0 amide bonds. The van der Waals surface area contributed by atoms with Crippen molar-refractivity contribution in [2.75, 3.05) is 0 Å². The zero-order valence-corrected chi connectivity index (χ0v) is 9.58. The zero-order valence-electron chi connectivity index (χ0n) is 9.58. The van der Waals surface area contributed by atoms with E-state index in [-0.39, 0.29) is 0 Å². The van der Waals surface area contributed by atoms with Crippen LogP contribution in [0.3, 0.4) is 0 Å². The van der Waals surface area contributed by atoms with Crippen LogP contribution in [0.1, 0.15) is 57.8 Å². The summed E-state index contributed by atoms with van der Waals surface area (Å²) in [6.07, 6.45) is 11.7. The number of Topliss-reactive ketones (excluding diaryl/α,β-unsaturated/α-hetero) is 1. The van der Waals surface area contributed by atoms with E-state index in [0.29, 0.717) is 11.7 Å². The fraction of sp³-hybridized carbons (Fsp3) is 0.929. The van der Waals surface area contributed by atoms with Crippen molar-refractivity contribution >= 4 is 5.78 Å². The van der Waals surface area contributed by atoms with Crippen LogP contribution >= 0.6 is 0 Å². The lowest BCUT2D eigenvalue weighted by Gasteiger charge is -2.21. The molecule has 3 fully saturated rings. The third kappa shape index (κ3) is 1.86. The molecule has 0 N–H and O–H groups in total. The van der Waals surface area contributed by atoms with Gasteiger partial charge >= 0.3 is 0 Å². The van der Waals surface area contributed by atoms with Gasteiger partial charge in [-0.15, -0.1) is 0 Å². The van der Waals surface area contributed by atoms with E-state index in [1.807, 2.05) is 0 Å². The van der Waals surface area contributed by atoms with Crippen molar-refractivity contribution in [3.8, 4) is 0 Å². The predicted octanol–water partition coefficient (Wildman–Crippen LogP) is 3.57. The number of ketones is 1. The first-order valence-electron chi connectivity index (χ1n) is 6.85. The molecular weight excluding hydrogens is 184 g/mol. The Morgan fingerprint density at radius 2 is 1.80 bits per heavy atom. The smallest absolute Gasteiger partial charge is 0.136 e. The van der Waals surface area contributed by atoms with Crippen LogP contribution in [0, 0.1) is 23.7 Å². The fourth-order valence-corrected chi connectivity index (χ4v) is 4.29. The highest BCUT2D eigenvalue weighted by molar-refractivity contribution is 5.82. The maximum atomic E-state index is 12.2. The summed E-state index contributed by atoms with van der Waals surface area (Å²) in [7, 11) is 0. The molecule has 3 rings (SSSR count). The number of carbonyl (C=O) groups excluding carboxylic acids is 1. The molecule has 3 aliphatic carbocycles. The summed E-state index contributed by atoms with van der Waals surface area (Å²) in [6.45, 7) is 0. The van der Waals surface area contributed by atoms with E-state index in [1.165, 1.54) is 51.4 Å². The van der Waals surface area contributed by atoms with E-state index in [4.69, 9.17) is 0 Å². The first kappa shape index (κ1) is 9.86. The van der Waals surface area contributed by atoms with Crippen LogP contribution in [0.4, 0.5) is 0 Å². The summed E-state index contributed by atoms with van der Waals surface area (Å²) in [5, 5.41) is 0. The Kier molecular flexibility index (Phi) is 2.58. The van der Waals surface area contributed by atoms with E-state index in [9.17, 15) is 4.79 Å². The van der Waals surface area contributed by atoms with Gasteiger partial charge in [-0.1, -0.05) is 32.1 Å². The normalized spacial score (nSPS) is 40.1. The summed E-state index contributed by atoms with van der Waals surface area (Å²) in [4.78, 5) is 12.2. The Hall–Kier alpha value is -0.330. The minimum atomic E-state index is 0.490. The van der Waals surface area contributed by atoms with Gasteiger partial charge in [0.1, 0.15) is 5.78 Å². The molecule has 3 atom stereocenters. The Morgan fingerprint density at radius 3 is 2.40 bits per heavy atom. The van der Waals surface area contributed by atoms with E-state index in [0.717, 1.165) is 24.2 Å². The summed E-state index contributed by atoms with van der Waals surface area (Å²) in [5.74, 6) is 3.60. The molecule has 3 aliphatic rings. The first-order chi connectivity index (χ1) is 7.33. The number of hydrogen-bond acceptors (Lipinski definition) is 1. The van der Waals surface area contributed by atoms with Gasteiger partial charge in [0.05, 0.1) is 0 Å². The molecule has 0 aromatic heterocycles. The van der Waals surface area contributed by atoms with Crippen molar-refractivity contribution in [1.82, 2.24) is 0 Å². The molecule has 0 spiro atoms. The van der Waals surface area contributed by atoms with Gasteiger partial charge in [0.2, 0.25) is 0 Å². The Morgan fingerprint density at radius 1 is 1.00 bits per heavy atom. The average Bonchev–Trinajstić information content (AvgIpc) is 2.93. The van der Waals surface area contributed by atoms with Crippen LogP contribution in [0.25, 0.3) is 0 Å². The van der Waals surface area contributed by atoms with Crippen molar-refractivity contribution in [2.45, 2.75) is 57.8 Å². The second-order valence-electron chi connectivity index (χ2n) is 6.10. The molecule has 1 heteroatoms. The molecule has 0 radical (unpaired) electrons. The number of hydrogen-bond donors (Lipinski definition) is 0. The summed E-state index contributed by atoms with van der Waals surface area (Å²) < 4.78 is 0. The van der Waals surface area contributed by atoms with E-state index < -0.39 is 0 Å². The minimum absolute atomic E-state index is 0.490. The van der Waals surface area contributed by atoms with Gasteiger partial charge in [0, 0.05) is 12.3 Å². The third-order valence-corrected chi connectivity index (χ3v) is 5.12. The number of carbonyl (C=O) groups is 1. The van der Waals surface area contributed by atoms with Crippen molar-refractivity contribution in [1.29, 1.82) is 0 Å². The number of rotatable bonds is 3. The molecule has 2 bridgehead atoms. The molecule has 0 aliphatic heterocycles. The first-order valence-corrected chi connectivity index (χ1v) is 6.85. The van der Waals surface area contributed by atoms with Gasteiger partial charge in [0.25, 0.3) is 0 Å². The molecule has 3 saturated carbocycles. The van der Waals surface area contributed by atoms with E-state index in [2.05, 4.69) is 0 Å². The van der Waals surface area contributed by atoms with E-state index >= 15 is 0 Å². The van der Waals surface area contributed by atoms with Gasteiger partial charge < -0.3 is 0 Å². The highest BCUT2D eigenvalue weighted by atomic mass is 16.1. The zero-order chi connectivity index (χ0) is 10.3. The van der Waals surface area contributed by atoms with Crippen LogP contribution < -0.4 is 0 Å². The minimum Gasteiger partial charge on any atom is -0.299 e. The summed E-state index contributed by atoms with van der Waals surface area (Å²) >= 11 is 0. The molecule has 0 aromatic rings. The van der Waals surface area contributed by atoms with E-state index in [1.54, 1.807) is 0 Å². The molecular formula is C14H22O. The average molecular weight is 206 g/mol. The van der Waals surface area contributed by atoms with Crippen molar-refractivity contribution < 1.29 is 4.79 Å². The van der Waals surface area contributed by atoms with Gasteiger partial charge in [-0.3, -0.25) is 4.79 Å². The summed E-state index contributed by atoms with van der Waals surface area (Å²) in [6, 6.07) is 0. The van der Waals surface area contributed by atoms with Crippen molar-refractivity contribution in [3.05, 3.63) is 0 Å². The third-order valence-electron chi connectivity index (χ3n) is 5.12. The molecule has 0 aromatic carbocycles. The Balaban J connectivity index is 1.56. The predicted molar refractivity (Wildman–Crippen MR) is 60.5 cm³/mol. The SMILES string of the molecule is O=C(CC1CCCC1)C1CC2CCC1C2.